The average Bonchev–Trinajstić information content (AvgIpc) is 2.46. The Bertz CT molecular complexity index is 500. The number of hydrogen-bond donors (Lipinski definition) is 2. The van der Waals surface area contributed by atoms with Gasteiger partial charge in [-0.2, -0.15) is 0 Å². The Kier molecular flexibility index (Phi) is 4.61. The van der Waals surface area contributed by atoms with Crippen LogP contribution in [0.5, 0.6) is 5.75 Å². The van der Waals surface area contributed by atoms with Crippen LogP contribution < -0.4 is 10.1 Å². The van der Waals surface area contributed by atoms with Gasteiger partial charge in [-0.1, -0.05) is 31.5 Å². The van der Waals surface area contributed by atoms with Gasteiger partial charge in [0.05, 0.1) is 12.5 Å². The molecule has 1 amide bonds. The van der Waals surface area contributed by atoms with E-state index in [0.29, 0.717) is 31.6 Å². The molecule has 1 aromatic rings. The van der Waals surface area contributed by atoms with Crippen LogP contribution in [0.2, 0.25) is 0 Å². The SMILES string of the molecule is CCC[C@H](NC(=O)C1CCOc2ccccc21)C(=O)O. The summed E-state index contributed by atoms with van der Waals surface area (Å²) in [5.41, 5.74) is 0.830. The zero-order valence-electron chi connectivity index (χ0n) is 11.5. The Morgan fingerprint density at radius 2 is 2.20 bits per heavy atom. The Balaban J connectivity index is 2.12. The predicted molar refractivity (Wildman–Crippen MR) is 73.8 cm³/mol. The summed E-state index contributed by atoms with van der Waals surface area (Å²) in [5, 5.41) is 11.7. The normalized spacial score (nSPS) is 18.6. The Hall–Kier alpha value is -2.04. The number of para-hydroxylation sites is 1. The van der Waals surface area contributed by atoms with Crippen LogP contribution in [-0.4, -0.2) is 29.6 Å². The molecular formula is C15H19NO4. The summed E-state index contributed by atoms with van der Waals surface area (Å²) in [4.78, 5) is 23.4. The van der Waals surface area contributed by atoms with Crippen molar-refractivity contribution in [3.05, 3.63) is 29.8 Å². The number of carboxylic acids is 1. The van der Waals surface area contributed by atoms with Crippen LogP contribution in [0, 0.1) is 0 Å². The number of ether oxygens (including phenoxy) is 1. The largest absolute Gasteiger partial charge is 0.493 e. The maximum absolute atomic E-state index is 12.3. The molecule has 1 heterocycles. The third-order valence-corrected chi connectivity index (χ3v) is 3.47. The van der Waals surface area contributed by atoms with E-state index in [1.165, 1.54) is 0 Å². The van der Waals surface area contributed by atoms with E-state index in [4.69, 9.17) is 9.84 Å². The first kappa shape index (κ1) is 14.4. The van der Waals surface area contributed by atoms with Crippen LogP contribution in [0.1, 0.15) is 37.7 Å². The lowest BCUT2D eigenvalue weighted by molar-refractivity contribution is -0.142. The molecule has 0 spiro atoms. The number of benzene rings is 1. The van der Waals surface area contributed by atoms with Crippen molar-refractivity contribution in [1.82, 2.24) is 5.32 Å². The molecule has 20 heavy (non-hydrogen) atoms. The van der Waals surface area contributed by atoms with Crippen molar-refractivity contribution in [2.24, 2.45) is 0 Å². The first-order chi connectivity index (χ1) is 9.63. The zero-order valence-corrected chi connectivity index (χ0v) is 11.5. The summed E-state index contributed by atoms with van der Waals surface area (Å²) in [5.74, 6) is -0.845. The van der Waals surface area contributed by atoms with E-state index in [0.717, 1.165) is 5.56 Å². The molecule has 0 saturated heterocycles. The van der Waals surface area contributed by atoms with Crippen LogP contribution in [0.15, 0.2) is 24.3 Å². The Morgan fingerprint density at radius 3 is 2.90 bits per heavy atom. The van der Waals surface area contributed by atoms with Gasteiger partial charge in [0.2, 0.25) is 5.91 Å². The van der Waals surface area contributed by atoms with Crippen molar-refractivity contribution in [3.63, 3.8) is 0 Å². The molecule has 0 aliphatic carbocycles. The quantitative estimate of drug-likeness (QED) is 0.862. The third-order valence-electron chi connectivity index (χ3n) is 3.47. The van der Waals surface area contributed by atoms with Gasteiger partial charge < -0.3 is 15.2 Å². The Labute approximate surface area is 117 Å². The monoisotopic (exact) mass is 277 g/mol. The van der Waals surface area contributed by atoms with Gasteiger partial charge in [-0.3, -0.25) is 4.79 Å². The molecule has 2 atom stereocenters. The van der Waals surface area contributed by atoms with E-state index in [-0.39, 0.29) is 11.8 Å². The molecule has 2 rings (SSSR count). The maximum Gasteiger partial charge on any atom is 0.326 e. The molecule has 0 aromatic heterocycles. The highest BCUT2D eigenvalue weighted by Crippen LogP contribution is 2.33. The van der Waals surface area contributed by atoms with Gasteiger partial charge in [-0.25, -0.2) is 4.79 Å². The van der Waals surface area contributed by atoms with E-state index < -0.39 is 12.0 Å². The van der Waals surface area contributed by atoms with Crippen LogP contribution >= 0.6 is 0 Å². The first-order valence-electron chi connectivity index (χ1n) is 6.88. The molecule has 1 aromatic carbocycles. The van der Waals surface area contributed by atoms with E-state index in [2.05, 4.69) is 5.32 Å². The lowest BCUT2D eigenvalue weighted by Crippen LogP contribution is -2.43. The minimum Gasteiger partial charge on any atom is -0.493 e. The number of rotatable bonds is 5. The highest BCUT2D eigenvalue weighted by Gasteiger charge is 2.30. The summed E-state index contributed by atoms with van der Waals surface area (Å²) in [6.45, 7) is 2.37. The van der Waals surface area contributed by atoms with Gasteiger partial charge in [-0.15, -0.1) is 0 Å². The van der Waals surface area contributed by atoms with Gasteiger partial charge in [0.15, 0.2) is 0 Å². The number of amides is 1. The Morgan fingerprint density at radius 1 is 1.45 bits per heavy atom. The summed E-state index contributed by atoms with van der Waals surface area (Å²) in [6, 6.07) is 6.58. The van der Waals surface area contributed by atoms with Crippen LogP contribution in [-0.2, 0) is 9.59 Å². The maximum atomic E-state index is 12.3. The molecular weight excluding hydrogens is 258 g/mol. The number of carboxylic acid groups (broad SMARTS) is 1. The molecule has 0 saturated carbocycles. The molecule has 1 unspecified atom stereocenters. The third kappa shape index (κ3) is 3.10. The van der Waals surface area contributed by atoms with E-state index in [9.17, 15) is 9.59 Å². The molecule has 1 aliphatic rings. The highest BCUT2D eigenvalue weighted by atomic mass is 16.5. The fraction of sp³-hybridized carbons (Fsp3) is 0.467. The molecule has 2 N–H and O–H groups in total. The molecule has 5 nitrogen and oxygen atoms in total. The summed E-state index contributed by atoms with van der Waals surface area (Å²) < 4.78 is 5.51. The molecule has 0 radical (unpaired) electrons. The second-order valence-electron chi connectivity index (χ2n) is 4.92. The van der Waals surface area contributed by atoms with E-state index in [1.54, 1.807) is 0 Å². The van der Waals surface area contributed by atoms with Gasteiger partial charge >= 0.3 is 5.97 Å². The molecule has 108 valence electrons. The molecule has 5 heteroatoms. The molecule has 0 bridgehead atoms. The average molecular weight is 277 g/mol. The number of carbonyl (C=O) groups excluding carboxylic acids is 1. The molecule has 0 fully saturated rings. The first-order valence-corrected chi connectivity index (χ1v) is 6.88. The van der Waals surface area contributed by atoms with Crippen LogP contribution in [0.4, 0.5) is 0 Å². The minimum absolute atomic E-state index is 0.235. The second kappa shape index (κ2) is 6.41. The van der Waals surface area contributed by atoms with E-state index in [1.807, 2.05) is 31.2 Å². The van der Waals surface area contributed by atoms with Gasteiger partial charge in [-0.05, 0) is 18.9 Å². The predicted octanol–water partition coefficient (Wildman–Crippen LogP) is 1.92. The van der Waals surface area contributed by atoms with Crippen molar-refractivity contribution in [1.29, 1.82) is 0 Å². The van der Waals surface area contributed by atoms with Crippen molar-refractivity contribution < 1.29 is 19.4 Å². The van der Waals surface area contributed by atoms with Gasteiger partial charge in [0, 0.05) is 5.56 Å². The fourth-order valence-corrected chi connectivity index (χ4v) is 2.43. The lowest BCUT2D eigenvalue weighted by atomic mass is 9.92. The van der Waals surface area contributed by atoms with Crippen molar-refractivity contribution in [3.8, 4) is 5.75 Å². The lowest BCUT2D eigenvalue weighted by Gasteiger charge is -2.26. The number of nitrogens with one attached hydrogen (secondary N) is 1. The number of fused-ring (bicyclic) bond motifs is 1. The van der Waals surface area contributed by atoms with Crippen LogP contribution in [0.25, 0.3) is 0 Å². The van der Waals surface area contributed by atoms with Gasteiger partial charge in [0.1, 0.15) is 11.8 Å². The topological polar surface area (TPSA) is 75.6 Å². The van der Waals surface area contributed by atoms with Crippen LogP contribution in [0.3, 0.4) is 0 Å². The standard InChI is InChI=1S/C15H19NO4/c1-2-5-12(15(18)19)16-14(17)11-8-9-20-13-7-4-3-6-10(11)13/h3-4,6-7,11-12H,2,5,8-9H2,1H3,(H,16,17)(H,18,19)/t11?,12-/m0/s1. The zero-order chi connectivity index (χ0) is 14.5. The highest BCUT2D eigenvalue weighted by molar-refractivity contribution is 5.88. The number of carbonyl (C=O) groups is 2. The minimum atomic E-state index is -0.986. The number of aliphatic carboxylic acids is 1. The summed E-state index contributed by atoms with van der Waals surface area (Å²) in [6.07, 6.45) is 1.72. The van der Waals surface area contributed by atoms with E-state index >= 15 is 0 Å². The smallest absolute Gasteiger partial charge is 0.326 e. The van der Waals surface area contributed by atoms with Crippen molar-refractivity contribution in [2.75, 3.05) is 6.61 Å². The summed E-state index contributed by atoms with van der Waals surface area (Å²) >= 11 is 0. The van der Waals surface area contributed by atoms with Gasteiger partial charge in [0.25, 0.3) is 0 Å². The number of hydrogen-bond acceptors (Lipinski definition) is 3. The van der Waals surface area contributed by atoms with Crippen molar-refractivity contribution >= 4 is 11.9 Å². The second-order valence-corrected chi connectivity index (χ2v) is 4.92. The summed E-state index contributed by atoms with van der Waals surface area (Å²) in [7, 11) is 0. The fourth-order valence-electron chi connectivity index (χ4n) is 2.43. The molecule has 1 aliphatic heterocycles. The van der Waals surface area contributed by atoms with Crippen molar-refractivity contribution in [2.45, 2.75) is 38.1 Å².